The molecular formula is C19H28. The van der Waals surface area contributed by atoms with E-state index in [9.17, 15) is 0 Å². The van der Waals surface area contributed by atoms with Gasteiger partial charge in [0.25, 0.3) is 0 Å². The summed E-state index contributed by atoms with van der Waals surface area (Å²) in [6, 6.07) is 11.0. The van der Waals surface area contributed by atoms with Gasteiger partial charge in [0.05, 0.1) is 0 Å². The monoisotopic (exact) mass is 256 g/mol. The summed E-state index contributed by atoms with van der Waals surface area (Å²) in [5.41, 5.74) is 3.09. The Morgan fingerprint density at radius 1 is 1.11 bits per heavy atom. The summed E-state index contributed by atoms with van der Waals surface area (Å²) in [7, 11) is 0. The molecule has 0 radical (unpaired) electrons. The minimum absolute atomic E-state index is 0.179. The van der Waals surface area contributed by atoms with Crippen LogP contribution >= 0.6 is 0 Å². The molecule has 0 amide bonds. The lowest BCUT2D eigenvalue weighted by Gasteiger charge is -2.35. The van der Waals surface area contributed by atoms with Crippen molar-refractivity contribution in [2.45, 2.75) is 58.8 Å². The molecule has 0 nitrogen and oxygen atoms in total. The molecule has 1 unspecified atom stereocenters. The van der Waals surface area contributed by atoms with Crippen LogP contribution in [0.15, 0.2) is 54.1 Å². The van der Waals surface area contributed by atoms with Crippen molar-refractivity contribution in [3.05, 3.63) is 59.7 Å². The largest absolute Gasteiger partial charge is 0.0874 e. The van der Waals surface area contributed by atoms with Gasteiger partial charge in [-0.2, -0.15) is 0 Å². The van der Waals surface area contributed by atoms with Crippen molar-refractivity contribution in [2.75, 3.05) is 0 Å². The highest BCUT2D eigenvalue weighted by molar-refractivity contribution is 5.41. The van der Waals surface area contributed by atoms with E-state index in [2.05, 4.69) is 76.3 Å². The van der Waals surface area contributed by atoms with Gasteiger partial charge in [-0.05, 0) is 37.8 Å². The third-order valence-corrected chi connectivity index (χ3v) is 4.10. The summed E-state index contributed by atoms with van der Waals surface area (Å²) in [5, 5.41) is 0. The fourth-order valence-electron chi connectivity index (χ4n) is 2.99. The zero-order valence-electron chi connectivity index (χ0n) is 12.9. The Bertz CT molecular complexity index is 411. The molecule has 1 atom stereocenters. The van der Waals surface area contributed by atoms with Crippen LogP contribution in [-0.4, -0.2) is 0 Å². The van der Waals surface area contributed by atoms with Gasteiger partial charge in [-0.1, -0.05) is 75.2 Å². The highest BCUT2D eigenvalue weighted by atomic mass is 14.3. The van der Waals surface area contributed by atoms with Gasteiger partial charge in [0.2, 0.25) is 0 Å². The third-order valence-electron chi connectivity index (χ3n) is 4.10. The van der Waals surface area contributed by atoms with Crippen LogP contribution in [0.2, 0.25) is 0 Å². The van der Waals surface area contributed by atoms with Gasteiger partial charge in [-0.3, -0.25) is 0 Å². The number of benzene rings is 1. The van der Waals surface area contributed by atoms with E-state index < -0.39 is 0 Å². The highest BCUT2D eigenvalue weighted by Crippen LogP contribution is 2.41. The Labute approximate surface area is 119 Å². The predicted octanol–water partition coefficient (Wildman–Crippen LogP) is 6.05. The Morgan fingerprint density at radius 2 is 1.79 bits per heavy atom. The van der Waals surface area contributed by atoms with Gasteiger partial charge >= 0.3 is 0 Å². The molecule has 19 heavy (non-hydrogen) atoms. The number of unbranched alkanes of at least 4 members (excludes halogenated alkanes) is 1. The second-order valence-electron chi connectivity index (χ2n) is 5.15. The first-order valence-corrected chi connectivity index (χ1v) is 7.60. The maximum atomic E-state index is 2.32. The maximum absolute atomic E-state index is 2.32. The highest BCUT2D eigenvalue weighted by Gasteiger charge is 2.31. The SMILES string of the molecule is C/C=C\C(=C/C)C(CC)(CCCC)c1ccccc1. The second kappa shape index (κ2) is 7.99. The molecule has 1 rings (SSSR count). The van der Waals surface area contributed by atoms with Crippen LogP contribution in [0.5, 0.6) is 0 Å². The van der Waals surface area contributed by atoms with Crippen LogP contribution in [-0.2, 0) is 5.41 Å². The predicted molar refractivity (Wildman–Crippen MR) is 86.5 cm³/mol. The van der Waals surface area contributed by atoms with Crippen LogP contribution < -0.4 is 0 Å². The number of rotatable bonds is 7. The molecule has 0 N–H and O–H groups in total. The Balaban J connectivity index is 3.29. The normalized spacial score (nSPS) is 15.7. The van der Waals surface area contributed by atoms with Crippen LogP contribution in [0.25, 0.3) is 0 Å². The van der Waals surface area contributed by atoms with E-state index in [1.165, 1.54) is 30.4 Å². The van der Waals surface area contributed by atoms with Crippen molar-refractivity contribution in [1.29, 1.82) is 0 Å². The van der Waals surface area contributed by atoms with Crippen molar-refractivity contribution in [3.8, 4) is 0 Å². The zero-order valence-corrected chi connectivity index (χ0v) is 12.9. The molecule has 0 aliphatic heterocycles. The van der Waals surface area contributed by atoms with Crippen molar-refractivity contribution in [3.63, 3.8) is 0 Å². The summed E-state index contributed by atoms with van der Waals surface area (Å²) < 4.78 is 0. The minimum Gasteiger partial charge on any atom is -0.0874 e. The number of hydrogen-bond acceptors (Lipinski definition) is 0. The van der Waals surface area contributed by atoms with Crippen LogP contribution in [0.1, 0.15) is 58.9 Å². The van der Waals surface area contributed by atoms with Gasteiger partial charge in [0.15, 0.2) is 0 Å². The van der Waals surface area contributed by atoms with E-state index in [-0.39, 0.29) is 5.41 Å². The fourth-order valence-corrected chi connectivity index (χ4v) is 2.99. The van der Waals surface area contributed by atoms with E-state index in [0.717, 1.165) is 6.42 Å². The van der Waals surface area contributed by atoms with E-state index in [4.69, 9.17) is 0 Å². The fraction of sp³-hybridized carbons (Fsp3) is 0.474. The van der Waals surface area contributed by atoms with Gasteiger partial charge < -0.3 is 0 Å². The maximum Gasteiger partial charge on any atom is 0.0196 e. The molecule has 0 fully saturated rings. The van der Waals surface area contributed by atoms with Crippen molar-refractivity contribution in [1.82, 2.24) is 0 Å². The van der Waals surface area contributed by atoms with Crippen molar-refractivity contribution >= 4 is 0 Å². The molecule has 1 aromatic carbocycles. The smallest absolute Gasteiger partial charge is 0.0196 e. The summed E-state index contributed by atoms with van der Waals surface area (Å²) in [5.74, 6) is 0. The first-order valence-electron chi connectivity index (χ1n) is 7.60. The quantitative estimate of drug-likeness (QED) is 0.521. The second-order valence-corrected chi connectivity index (χ2v) is 5.15. The Kier molecular flexibility index (Phi) is 6.62. The first-order chi connectivity index (χ1) is 9.25. The van der Waals surface area contributed by atoms with E-state index in [0.29, 0.717) is 0 Å². The average Bonchev–Trinajstić information content (AvgIpc) is 2.48. The molecule has 0 spiro atoms. The minimum atomic E-state index is 0.179. The average molecular weight is 256 g/mol. The summed E-state index contributed by atoms with van der Waals surface area (Å²) in [6.45, 7) is 8.86. The van der Waals surface area contributed by atoms with E-state index in [1.807, 2.05) is 0 Å². The van der Waals surface area contributed by atoms with Gasteiger partial charge in [-0.25, -0.2) is 0 Å². The molecule has 0 heterocycles. The third kappa shape index (κ3) is 3.59. The van der Waals surface area contributed by atoms with Crippen LogP contribution in [0, 0.1) is 0 Å². The summed E-state index contributed by atoms with van der Waals surface area (Å²) >= 11 is 0. The van der Waals surface area contributed by atoms with Crippen molar-refractivity contribution in [2.24, 2.45) is 0 Å². The molecule has 0 aliphatic rings. The van der Waals surface area contributed by atoms with Gasteiger partial charge in [-0.15, -0.1) is 0 Å². The topological polar surface area (TPSA) is 0 Å². The first kappa shape index (κ1) is 15.8. The molecular weight excluding hydrogens is 228 g/mol. The van der Waals surface area contributed by atoms with E-state index >= 15 is 0 Å². The lowest BCUT2D eigenvalue weighted by molar-refractivity contribution is 0.436. The molecule has 0 saturated heterocycles. The van der Waals surface area contributed by atoms with Crippen LogP contribution in [0.3, 0.4) is 0 Å². The molecule has 0 bridgehead atoms. The zero-order chi connectivity index (χ0) is 14.1. The standard InChI is InChI=1S/C19H28/c1-5-9-16-19(8-4,17(7-3)13-6-2)18-14-11-10-12-15-18/h6-7,10-15H,5,8-9,16H2,1-4H3/b13-6-,17-7+. The molecule has 0 aromatic heterocycles. The Hall–Kier alpha value is -1.30. The van der Waals surface area contributed by atoms with Crippen LogP contribution in [0.4, 0.5) is 0 Å². The molecule has 0 heteroatoms. The van der Waals surface area contributed by atoms with Gasteiger partial charge in [0.1, 0.15) is 0 Å². The lowest BCUT2D eigenvalue weighted by atomic mass is 9.68. The summed E-state index contributed by atoms with van der Waals surface area (Å²) in [4.78, 5) is 0. The molecule has 0 saturated carbocycles. The molecule has 1 aromatic rings. The van der Waals surface area contributed by atoms with Gasteiger partial charge in [0, 0.05) is 5.41 Å². The lowest BCUT2D eigenvalue weighted by Crippen LogP contribution is -2.27. The molecule has 0 aliphatic carbocycles. The summed E-state index contributed by atoms with van der Waals surface area (Å²) in [6.07, 6.45) is 11.6. The number of allylic oxidation sites excluding steroid dienone is 4. The Morgan fingerprint density at radius 3 is 2.26 bits per heavy atom. The van der Waals surface area contributed by atoms with E-state index in [1.54, 1.807) is 0 Å². The van der Waals surface area contributed by atoms with Crippen molar-refractivity contribution < 1.29 is 0 Å². The number of hydrogen-bond donors (Lipinski definition) is 0. The molecule has 104 valence electrons.